The Morgan fingerprint density at radius 3 is 2.76 bits per heavy atom. The molecule has 1 amide bonds. The first kappa shape index (κ1) is 15.5. The molecule has 1 fully saturated rings. The molecule has 2 unspecified atom stereocenters. The molecule has 0 spiro atoms. The summed E-state index contributed by atoms with van der Waals surface area (Å²) in [7, 11) is 1.34. The van der Waals surface area contributed by atoms with Crippen LogP contribution in [0.1, 0.15) is 24.8 Å². The first-order valence-electron chi connectivity index (χ1n) is 7.33. The van der Waals surface area contributed by atoms with Gasteiger partial charge in [-0.05, 0) is 24.9 Å². The number of rotatable bonds is 6. The Kier molecular flexibility index (Phi) is 5.75. The van der Waals surface area contributed by atoms with Gasteiger partial charge in [-0.15, -0.1) is 0 Å². The van der Waals surface area contributed by atoms with Gasteiger partial charge in [-0.1, -0.05) is 30.3 Å². The number of amides is 1. The Labute approximate surface area is 125 Å². The molecule has 1 aromatic rings. The minimum atomic E-state index is -0.633. The molecule has 5 nitrogen and oxygen atoms in total. The van der Waals surface area contributed by atoms with Crippen LogP contribution < -0.4 is 10.6 Å². The molecule has 2 rings (SSSR count). The molecule has 1 heterocycles. The van der Waals surface area contributed by atoms with Gasteiger partial charge in [-0.2, -0.15) is 0 Å². The summed E-state index contributed by atoms with van der Waals surface area (Å²) in [5, 5.41) is 6.07. The van der Waals surface area contributed by atoms with Crippen molar-refractivity contribution in [3.8, 4) is 0 Å². The minimum absolute atomic E-state index is 0.110. The topological polar surface area (TPSA) is 67.4 Å². The predicted molar refractivity (Wildman–Crippen MR) is 79.7 cm³/mol. The largest absolute Gasteiger partial charge is 0.467 e. The van der Waals surface area contributed by atoms with Crippen LogP contribution in [0.2, 0.25) is 0 Å². The zero-order valence-corrected chi connectivity index (χ0v) is 12.3. The van der Waals surface area contributed by atoms with E-state index in [2.05, 4.69) is 10.6 Å². The summed E-state index contributed by atoms with van der Waals surface area (Å²) in [6, 6.07) is 9.19. The smallest absolute Gasteiger partial charge is 0.328 e. The number of esters is 1. The maximum Gasteiger partial charge on any atom is 0.328 e. The van der Waals surface area contributed by atoms with E-state index >= 15 is 0 Å². The number of carbonyl (C=O) groups excluding carboxylic acids is 2. The van der Waals surface area contributed by atoms with Gasteiger partial charge in [0.25, 0.3) is 0 Å². The molecule has 1 aliphatic rings. The van der Waals surface area contributed by atoms with E-state index in [1.54, 1.807) is 0 Å². The lowest BCUT2D eigenvalue weighted by Crippen LogP contribution is -2.44. The van der Waals surface area contributed by atoms with Gasteiger partial charge in [-0.25, -0.2) is 4.79 Å². The molecule has 5 heteroatoms. The molecule has 1 aliphatic heterocycles. The third-order valence-electron chi connectivity index (χ3n) is 3.70. The average molecular weight is 290 g/mol. The fraction of sp³-hybridized carbons (Fsp3) is 0.500. The van der Waals surface area contributed by atoms with E-state index in [4.69, 9.17) is 4.74 Å². The van der Waals surface area contributed by atoms with Crippen LogP contribution in [0.25, 0.3) is 0 Å². The van der Waals surface area contributed by atoms with Crippen molar-refractivity contribution in [1.82, 2.24) is 10.6 Å². The quantitative estimate of drug-likeness (QED) is 0.768. The highest BCUT2D eigenvalue weighted by Gasteiger charge is 2.24. The summed E-state index contributed by atoms with van der Waals surface area (Å²) in [5.41, 5.74) is 0.993. The summed E-state index contributed by atoms with van der Waals surface area (Å²) in [6.07, 6.45) is 2.96. The molecular weight excluding hydrogens is 268 g/mol. The van der Waals surface area contributed by atoms with Gasteiger partial charge in [0, 0.05) is 18.9 Å². The van der Waals surface area contributed by atoms with Crippen LogP contribution in [0, 0.1) is 0 Å². The molecule has 0 radical (unpaired) electrons. The predicted octanol–water partition coefficient (Wildman–Crippen LogP) is 1.03. The fourth-order valence-electron chi connectivity index (χ4n) is 2.59. The SMILES string of the molecule is COC(=O)C(Cc1ccccc1)NC(=O)CC1CCCN1. The van der Waals surface area contributed by atoms with E-state index < -0.39 is 12.0 Å². The summed E-state index contributed by atoms with van der Waals surface area (Å²) in [4.78, 5) is 23.9. The van der Waals surface area contributed by atoms with Crippen molar-refractivity contribution < 1.29 is 14.3 Å². The second kappa shape index (κ2) is 7.78. The van der Waals surface area contributed by atoms with Gasteiger partial charge in [0.1, 0.15) is 6.04 Å². The molecule has 2 atom stereocenters. The molecule has 0 aromatic heterocycles. The van der Waals surface area contributed by atoms with Crippen LogP contribution in [0.3, 0.4) is 0 Å². The minimum Gasteiger partial charge on any atom is -0.467 e. The zero-order chi connectivity index (χ0) is 15.1. The van der Waals surface area contributed by atoms with Crippen molar-refractivity contribution in [3.05, 3.63) is 35.9 Å². The lowest BCUT2D eigenvalue weighted by molar-refractivity contribution is -0.145. The van der Waals surface area contributed by atoms with E-state index in [9.17, 15) is 9.59 Å². The van der Waals surface area contributed by atoms with E-state index in [1.807, 2.05) is 30.3 Å². The van der Waals surface area contributed by atoms with Crippen molar-refractivity contribution in [2.75, 3.05) is 13.7 Å². The Hall–Kier alpha value is -1.88. The number of nitrogens with one attached hydrogen (secondary N) is 2. The van der Waals surface area contributed by atoms with Gasteiger partial charge in [0.2, 0.25) is 5.91 Å². The molecule has 114 valence electrons. The molecule has 0 saturated carbocycles. The van der Waals surface area contributed by atoms with Crippen LogP contribution in [0.5, 0.6) is 0 Å². The first-order chi connectivity index (χ1) is 10.2. The number of benzene rings is 1. The van der Waals surface area contributed by atoms with E-state index in [0.29, 0.717) is 12.8 Å². The molecular formula is C16H22N2O3. The van der Waals surface area contributed by atoms with Crippen molar-refractivity contribution in [1.29, 1.82) is 0 Å². The second-order valence-electron chi connectivity index (χ2n) is 5.33. The number of methoxy groups -OCH3 is 1. The van der Waals surface area contributed by atoms with Crippen molar-refractivity contribution in [3.63, 3.8) is 0 Å². The molecule has 2 N–H and O–H groups in total. The number of hydrogen-bond donors (Lipinski definition) is 2. The third-order valence-corrected chi connectivity index (χ3v) is 3.70. The van der Waals surface area contributed by atoms with Crippen molar-refractivity contribution in [2.45, 2.75) is 37.8 Å². The monoisotopic (exact) mass is 290 g/mol. The summed E-state index contributed by atoms with van der Waals surface area (Å²) in [5.74, 6) is -0.521. The van der Waals surface area contributed by atoms with E-state index in [-0.39, 0.29) is 11.9 Å². The maximum absolute atomic E-state index is 12.1. The van der Waals surface area contributed by atoms with Gasteiger partial charge >= 0.3 is 5.97 Å². The Morgan fingerprint density at radius 2 is 2.14 bits per heavy atom. The third kappa shape index (κ3) is 4.86. The van der Waals surface area contributed by atoms with Crippen LogP contribution in [0.4, 0.5) is 0 Å². The first-order valence-corrected chi connectivity index (χ1v) is 7.33. The highest BCUT2D eigenvalue weighted by molar-refractivity contribution is 5.84. The van der Waals surface area contributed by atoms with Gasteiger partial charge in [-0.3, -0.25) is 4.79 Å². The van der Waals surface area contributed by atoms with Crippen molar-refractivity contribution >= 4 is 11.9 Å². The van der Waals surface area contributed by atoms with Crippen LogP contribution in [0.15, 0.2) is 30.3 Å². The standard InChI is InChI=1S/C16H22N2O3/c1-21-16(20)14(10-12-6-3-2-4-7-12)18-15(19)11-13-8-5-9-17-13/h2-4,6-7,13-14,17H,5,8-11H2,1H3,(H,18,19). The van der Waals surface area contributed by atoms with Gasteiger partial charge in [0.05, 0.1) is 7.11 Å². The van der Waals surface area contributed by atoms with Gasteiger partial charge < -0.3 is 15.4 Å². The highest BCUT2D eigenvalue weighted by atomic mass is 16.5. The number of carbonyl (C=O) groups is 2. The Balaban J connectivity index is 1.92. The summed E-state index contributed by atoms with van der Waals surface area (Å²) >= 11 is 0. The highest BCUT2D eigenvalue weighted by Crippen LogP contribution is 2.09. The Bertz CT molecular complexity index is 470. The fourth-order valence-corrected chi connectivity index (χ4v) is 2.59. The van der Waals surface area contributed by atoms with Crippen LogP contribution >= 0.6 is 0 Å². The second-order valence-corrected chi connectivity index (χ2v) is 5.33. The Morgan fingerprint density at radius 1 is 1.38 bits per heavy atom. The average Bonchev–Trinajstić information content (AvgIpc) is 2.99. The normalized spacial score (nSPS) is 19.0. The van der Waals surface area contributed by atoms with E-state index in [1.165, 1.54) is 7.11 Å². The molecule has 21 heavy (non-hydrogen) atoms. The molecule has 1 aromatic carbocycles. The molecule has 0 aliphatic carbocycles. The van der Waals surface area contributed by atoms with Gasteiger partial charge in [0.15, 0.2) is 0 Å². The molecule has 1 saturated heterocycles. The lowest BCUT2D eigenvalue weighted by atomic mass is 10.1. The zero-order valence-electron chi connectivity index (χ0n) is 12.3. The lowest BCUT2D eigenvalue weighted by Gasteiger charge is -2.18. The summed E-state index contributed by atoms with van der Waals surface area (Å²) in [6.45, 7) is 0.961. The summed E-state index contributed by atoms with van der Waals surface area (Å²) < 4.78 is 4.79. The van der Waals surface area contributed by atoms with Crippen LogP contribution in [-0.2, 0) is 20.7 Å². The van der Waals surface area contributed by atoms with Crippen LogP contribution in [-0.4, -0.2) is 37.6 Å². The molecule has 0 bridgehead atoms. The van der Waals surface area contributed by atoms with E-state index in [0.717, 1.165) is 24.9 Å². The number of ether oxygens (including phenoxy) is 1. The van der Waals surface area contributed by atoms with Crippen molar-refractivity contribution in [2.24, 2.45) is 0 Å². The maximum atomic E-state index is 12.1. The number of hydrogen-bond acceptors (Lipinski definition) is 4.